The van der Waals surface area contributed by atoms with Crippen molar-refractivity contribution in [1.29, 1.82) is 0 Å². The van der Waals surface area contributed by atoms with Crippen LogP contribution in [0.2, 0.25) is 0 Å². The number of amides is 2. The van der Waals surface area contributed by atoms with Gasteiger partial charge < -0.3 is 44.1 Å². The van der Waals surface area contributed by atoms with E-state index < -0.39 is 54.4 Å². The second kappa shape index (κ2) is 20.2. The van der Waals surface area contributed by atoms with Crippen LogP contribution in [0, 0.1) is 0 Å². The molecule has 7 rings (SSSR count). The molecule has 12 nitrogen and oxygen atoms in total. The molecule has 0 saturated carbocycles. The molecule has 2 heterocycles. The number of morpholine rings is 1. The first-order valence-electron chi connectivity index (χ1n) is 20.3. The number of nitrogens with zero attached hydrogens (tertiary/aromatic N) is 2. The maximum Gasteiger partial charge on any atom is 0.408 e. The molecule has 2 amide bonds. The van der Waals surface area contributed by atoms with Crippen molar-refractivity contribution in [3.63, 3.8) is 0 Å². The molecule has 4 aromatic rings. The SMILES string of the molecule is CN(C(=O)[C@@H](C[C@H](O)[C@@H](Cc1ccccc1)c1ccc(OCCN2CCOCC2)cc1)NC(=O)O[C@@H]1COC[C@H]1OCc1ccccc1)[C@H]1c2ccccc2C[C@H]1O. The van der Waals surface area contributed by atoms with E-state index in [4.69, 9.17) is 23.7 Å². The Balaban J connectivity index is 1.08. The molecule has 2 fully saturated rings. The summed E-state index contributed by atoms with van der Waals surface area (Å²) in [7, 11) is 1.63. The fourth-order valence-corrected chi connectivity index (χ4v) is 8.17. The van der Waals surface area contributed by atoms with Crippen LogP contribution in [-0.4, -0.2) is 122 Å². The third-order valence-corrected chi connectivity index (χ3v) is 11.4. The molecule has 7 atom stereocenters. The Morgan fingerprint density at radius 2 is 1.53 bits per heavy atom. The van der Waals surface area contributed by atoms with Crippen molar-refractivity contribution in [2.45, 2.75) is 68.3 Å². The minimum absolute atomic E-state index is 0.118. The van der Waals surface area contributed by atoms with E-state index in [-0.39, 0.29) is 19.6 Å². The highest BCUT2D eigenvalue weighted by molar-refractivity contribution is 5.86. The number of hydrogen-bond acceptors (Lipinski definition) is 10. The second-order valence-corrected chi connectivity index (χ2v) is 15.3. The Kier molecular flexibility index (Phi) is 14.4. The molecule has 2 saturated heterocycles. The zero-order valence-electron chi connectivity index (χ0n) is 33.1. The number of alkyl carbamates (subject to hydrolysis) is 1. The number of likely N-dealkylation sites (N-methyl/N-ethyl adjacent to an activating group) is 1. The standard InChI is InChI=1S/C46H55N3O9/c1-48(44-37-15-9-8-14-35(37)27-41(44)51)45(52)39(47-46(53)58-43-31-55-30-42(43)57-29-33-12-6-3-7-13-33)28-40(50)38(26-32-10-4-2-5-11-32)34-16-18-36(19-17-34)56-25-22-49-20-23-54-24-21-49/h2-19,38-44,50-51H,20-31H2,1H3,(H,47,53)/t38-,39+,40-,41+,42+,43+,44-/m0/s1. The minimum atomic E-state index is -1.19. The van der Waals surface area contributed by atoms with Gasteiger partial charge in [-0.25, -0.2) is 4.79 Å². The smallest absolute Gasteiger partial charge is 0.408 e. The molecule has 58 heavy (non-hydrogen) atoms. The van der Waals surface area contributed by atoms with E-state index in [0.29, 0.717) is 26.1 Å². The van der Waals surface area contributed by atoms with Crippen molar-refractivity contribution in [3.8, 4) is 5.75 Å². The Morgan fingerprint density at radius 3 is 2.28 bits per heavy atom. The van der Waals surface area contributed by atoms with Crippen LogP contribution in [0.25, 0.3) is 0 Å². The molecule has 0 bridgehead atoms. The number of carbonyl (C=O) groups excluding carboxylic acids is 2. The zero-order chi connectivity index (χ0) is 40.3. The van der Waals surface area contributed by atoms with Crippen molar-refractivity contribution in [3.05, 3.63) is 137 Å². The number of nitrogens with one attached hydrogen (secondary N) is 1. The average Bonchev–Trinajstić information content (AvgIpc) is 3.84. The lowest BCUT2D eigenvalue weighted by atomic mass is 9.84. The number of carbonyl (C=O) groups is 2. The van der Waals surface area contributed by atoms with Gasteiger partial charge in [0.15, 0.2) is 6.10 Å². The van der Waals surface area contributed by atoms with Gasteiger partial charge in [0.05, 0.1) is 51.3 Å². The second-order valence-electron chi connectivity index (χ2n) is 15.3. The topological polar surface area (TPSA) is 139 Å². The molecular weight excluding hydrogens is 739 g/mol. The van der Waals surface area contributed by atoms with Gasteiger partial charge in [-0.2, -0.15) is 0 Å². The Bertz CT molecular complexity index is 1890. The van der Waals surface area contributed by atoms with Crippen LogP contribution >= 0.6 is 0 Å². The predicted octanol–water partition coefficient (Wildman–Crippen LogP) is 4.67. The molecule has 1 aliphatic carbocycles. The minimum Gasteiger partial charge on any atom is -0.492 e. The first kappa shape index (κ1) is 41.3. The molecule has 0 aromatic heterocycles. The summed E-state index contributed by atoms with van der Waals surface area (Å²) in [5, 5.41) is 26.1. The van der Waals surface area contributed by atoms with E-state index in [2.05, 4.69) is 10.2 Å². The van der Waals surface area contributed by atoms with Crippen LogP contribution in [0.1, 0.15) is 46.2 Å². The van der Waals surface area contributed by atoms with Gasteiger partial charge in [-0.05, 0) is 46.4 Å². The molecule has 0 radical (unpaired) electrons. The third kappa shape index (κ3) is 10.8. The van der Waals surface area contributed by atoms with Crippen LogP contribution in [0.5, 0.6) is 5.75 Å². The Hall–Kier alpha value is -4.82. The summed E-state index contributed by atoms with van der Waals surface area (Å²) >= 11 is 0. The summed E-state index contributed by atoms with van der Waals surface area (Å²) in [6.07, 6.45) is -3.17. The van der Waals surface area contributed by atoms with Crippen molar-refractivity contribution in [2.24, 2.45) is 0 Å². The summed E-state index contributed by atoms with van der Waals surface area (Å²) in [6.45, 7) is 5.31. The Labute approximate surface area is 340 Å². The average molecular weight is 794 g/mol. The fraction of sp³-hybridized carbons (Fsp3) is 0.435. The molecule has 12 heteroatoms. The highest BCUT2D eigenvalue weighted by Crippen LogP contribution is 2.36. The quantitative estimate of drug-likeness (QED) is 0.138. The lowest BCUT2D eigenvalue weighted by Gasteiger charge is -2.33. The summed E-state index contributed by atoms with van der Waals surface area (Å²) < 4.78 is 29.1. The fourth-order valence-electron chi connectivity index (χ4n) is 8.17. The number of rotatable bonds is 17. The highest BCUT2D eigenvalue weighted by atomic mass is 16.6. The van der Waals surface area contributed by atoms with Crippen LogP contribution < -0.4 is 10.1 Å². The van der Waals surface area contributed by atoms with Gasteiger partial charge in [-0.3, -0.25) is 9.69 Å². The van der Waals surface area contributed by atoms with Gasteiger partial charge >= 0.3 is 6.09 Å². The van der Waals surface area contributed by atoms with E-state index in [1.54, 1.807) is 7.05 Å². The van der Waals surface area contributed by atoms with E-state index in [1.807, 2.05) is 109 Å². The van der Waals surface area contributed by atoms with Gasteiger partial charge in [0.2, 0.25) is 5.91 Å². The summed E-state index contributed by atoms with van der Waals surface area (Å²) in [5.41, 5.74) is 4.66. The molecule has 0 unspecified atom stereocenters. The van der Waals surface area contributed by atoms with Gasteiger partial charge in [-0.1, -0.05) is 97.1 Å². The van der Waals surface area contributed by atoms with Gasteiger partial charge in [-0.15, -0.1) is 0 Å². The highest BCUT2D eigenvalue weighted by Gasteiger charge is 2.40. The van der Waals surface area contributed by atoms with Crippen molar-refractivity contribution in [2.75, 3.05) is 59.7 Å². The predicted molar refractivity (Wildman–Crippen MR) is 217 cm³/mol. The lowest BCUT2D eigenvalue weighted by molar-refractivity contribution is -0.137. The maximum atomic E-state index is 14.6. The molecule has 2 aliphatic heterocycles. The number of fused-ring (bicyclic) bond motifs is 1. The summed E-state index contributed by atoms with van der Waals surface area (Å²) in [4.78, 5) is 32.1. The van der Waals surface area contributed by atoms with Gasteiger partial charge in [0.25, 0.3) is 0 Å². The van der Waals surface area contributed by atoms with Crippen LogP contribution in [-0.2, 0) is 43.2 Å². The third-order valence-electron chi connectivity index (χ3n) is 11.4. The van der Waals surface area contributed by atoms with Crippen LogP contribution in [0.4, 0.5) is 4.79 Å². The number of hydrogen-bond donors (Lipinski definition) is 3. The molecular formula is C46H55N3O9. The largest absolute Gasteiger partial charge is 0.492 e. The molecule has 3 aliphatic rings. The first-order chi connectivity index (χ1) is 28.3. The van der Waals surface area contributed by atoms with E-state index in [0.717, 1.165) is 66.4 Å². The Morgan fingerprint density at radius 1 is 0.862 bits per heavy atom. The maximum absolute atomic E-state index is 14.6. The first-order valence-corrected chi connectivity index (χ1v) is 20.3. The molecule has 308 valence electrons. The molecule has 4 aromatic carbocycles. The molecule has 0 spiro atoms. The zero-order valence-corrected chi connectivity index (χ0v) is 33.1. The summed E-state index contributed by atoms with van der Waals surface area (Å²) in [5.74, 6) is -0.180. The van der Waals surface area contributed by atoms with Crippen molar-refractivity contribution in [1.82, 2.24) is 15.1 Å². The summed E-state index contributed by atoms with van der Waals surface area (Å²) in [6, 6.07) is 33.1. The van der Waals surface area contributed by atoms with Crippen molar-refractivity contribution < 1.29 is 43.5 Å². The van der Waals surface area contributed by atoms with E-state index in [9.17, 15) is 19.8 Å². The van der Waals surface area contributed by atoms with Crippen LogP contribution in [0.15, 0.2) is 109 Å². The number of benzene rings is 4. The number of ether oxygens (including phenoxy) is 5. The normalized spacial score (nSPS) is 22.1. The number of aliphatic hydroxyl groups is 2. The van der Waals surface area contributed by atoms with E-state index >= 15 is 0 Å². The van der Waals surface area contributed by atoms with Gasteiger partial charge in [0, 0.05) is 45.4 Å². The lowest BCUT2D eigenvalue weighted by Crippen LogP contribution is -2.52. The molecule has 3 N–H and O–H groups in total. The van der Waals surface area contributed by atoms with E-state index in [1.165, 1.54) is 4.90 Å². The van der Waals surface area contributed by atoms with Crippen LogP contribution in [0.3, 0.4) is 0 Å². The van der Waals surface area contributed by atoms with Gasteiger partial charge in [0.1, 0.15) is 24.5 Å². The van der Waals surface area contributed by atoms with Crippen molar-refractivity contribution >= 4 is 12.0 Å². The monoisotopic (exact) mass is 793 g/mol. The number of aliphatic hydroxyl groups excluding tert-OH is 2.